The number of ether oxygens (including phenoxy) is 1. The van der Waals surface area contributed by atoms with E-state index in [-0.39, 0.29) is 5.91 Å². The predicted octanol–water partition coefficient (Wildman–Crippen LogP) is 5.69. The molecule has 130 valence electrons. The Labute approximate surface area is 155 Å². The Morgan fingerprint density at radius 1 is 1.28 bits per heavy atom. The van der Waals surface area contributed by atoms with Gasteiger partial charge in [-0.1, -0.05) is 36.3 Å². The van der Waals surface area contributed by atoms with Crippen molar-refractivity contribution in [2.75, 3.05) is 11.9 Å². The number of anilines is 1. The average molecular weight is 375 g/mol. The first-order valence-corrected chi connectivity index (χ1v) is 9.37. The van der Waals surface area contributed by atoms with Gasteiger partial charge in [0.25, 0.3) is 5.91 Å². The topological polar surface area (TPSA) is 51.2 Å². The van der Waals surface area contributed by atoms with E-state index in [1.54, 1.807) is 12.1 Å². The van der Waals surface area contributed by atoms with Gasteiger partial charge in [0, 0.05) is 10.6 Å². The van der Waals surface area contributed by atoms with Crippen molar-refractivity contribution in [3.8, 4) is 5.75 Å². The van der Waals surface area contributed by atoms with E-state index in [9.17, 15) is 4.79 Å². The maximum absolute atomic E-state index is 12.4. The zero-order chi connectivity index (χ0) is 17.8. The van der Waals surface area contributed by atoms with Gasteiger partial charge in [0.05, 0.1) is 16.8 Å². The number of hydrogen-bond donors (Lipinski definition) is 1. The summed E-state index contributed by atoms with van der Waals surface area (Å²) < 4.78 is 6.60. The average Bonchev–Trinajstić information content (AvgIpc) is 2.97. The van der Waals surface area contributed by atoms with Crippen molar-refractivity contribution in [3.05, 3.63) is 52.5 Å². The van der Waals surface area contributed by atoms with Gasteiger partial charge in [-0.15, -0.1) is 0 Å². The Morgan fingerprint density at radius 2 is 2.04 bits per heavy atom. The van der Waals surface area contributed by atoms with E-state index < -0.39 is 0 Å². The fourth-order valence-corrected chi connectivity index (χ4v) is 3.41. The molecule has 0 saturated carbocycles. The maximum Gasteiger partial charge on any atom is 0.257 e. The lowest BCUT2D eigenvalue weighted by atomic mass is 10.2. The van der Waals surface area contributed by atoms with E-state index >= 15 is 0 Å². The van der Waals surface area contributed by atoms with Gasteiger partial charge in [-0.25, -0.2) is 4.98 Å². The van der Waals surface area contributed by atoms with E-state index in [2.05, 4.69) is 17.2 Å². The summed E-state index contributed by atoms with van der Waals surface area (Å²) in [4.78, 5) is 16.8. The Hall–Kier alpha value is -2.11. The number of carbonyl (C=O) groups is 1. The summed E-state index contributed by atoms with van der Waals surface area (Å²) in [6, 6.07) is 10.9. The number of hydrogen-bond acceptors (Lipinski definition) is 4. The molecule has 0 unspecified atom stereocenters. The Kier molecular flexibility index (Phi) is 5.56. The molecule has 3 rings (SSSR count). The van der Waals surface area contributed by atoms with Gasteiger partial charge in [0.2, 0.25) is 0 Å². The summed E-state index contributed by atoms with van der Waals surface area (Å²) in [6.07, 6.45) is 2.11. The molecule has 2 aromatic carbocycles. The highest BCUT2D eigenvalue weighted by Gasteiger charge is 2.11. The molecular formula is C19H19ClN2O2S. The minimum atomic E-state index is -0.193. The number of nitrogens with one attached hydrogen (secondary N) is 1. The lowest BCUT2D eigenvalue weighted by Gasteiger charge is -2.06. The van der Waals surface area contributed by atoms with Crippen molar-refractivity contribution in [3.63, 3.8) is 0 Å². The smallest absolute Gasteiger partial charge is 0.257 e. The first-order chi connectivity index (χ1) is 12.1. The number of amides is 1. The van der Waals surface area contributed by atoms with Crippen molar-refractivity contribution >= 4 is 44.2 Å². The number of nitrogens with zero attached hydrogens (tertiary/aromatic N) is 1. The van der Waals surface area contributed by atoms with Crippen molar-refractivity contribution in [2.24, 2.45) is 0 Å². The number of halogens is 1. The molecular weight excluding hydrogens is 356 g/mol. The Bertz CT molecular complexity index is 851. The molecule has 6 heteroatoms. The molecule has 1 N–H and O–H groups in total. The monoisotopic (exact) mass is 374 g/mol. The first-order valence-electron chi connectivity index (χ1n) is 8.17. The van der Waals surface area contributed by atoms with Gasteiger partial charge < -0.3 is 4.74 Å². The maximum atomic E-state index is 12.4. The summed E-state index contributed by atoms with van der Waals surface area (Å²) in [6.45, 7) is 4.76. The van der Waals surface area contributed by atoms with Crippen molar-refractivity contribution in [1.82, 2.24) is 4.98 Å². The van der Waals surface area contributed by atoms with Crippen LogP contribution < -0.4 is 10.1 Å². The molecule has 0 spiro atoms. The number of rotatable bonds is 6. The molecule has 0 radical (unpaired) electrons. The van der Waals surface area contributed by atoms with E-state index in [1.165, 1.54) is 11.3 Å². The van der Waals surface area contributed by atoms with Crippen LogP contribution in [0.15, 0.2) is 36.4 Å². The second kappa shape index (κ2) is 7.85. The number of benzene rings is 2. The van der Waals surface area contributed by atoms with Crippen LogP contribution in [0, 0.1) is 6.92 Å². The molecule has 0 aliphatic heterocycles. The Morgan fingerprint density at radius 3 is 2.76 bits per heavy atom. The molecule has 25 heavy (non-hydrogen) atoms. The van der Waals surface area contributed by atoms with E-state index in [0.29, 0.717) is 22.3 Å². The zero-order valence-corrected chi connectivity index (χ0v) is 15.7. The number of unbranched alkanes of at least 4 members (excludes halogenated alkanes) is 1. The highest BCUT2D eigenvalue weighted by Crippen LogP contribution is 2.30. The molecule has 0 atom stereocenters. The van der Waals surface area contributed by atoms with E-state index in [0.717, 1.165) is 34.4 Å². The minimum Gasteiger partial charge on any atom is -0.494 e. The van der Waals surface area contributed by atoms with Gasteiger partial charge in [-0.2, -0.15) is 0 Å². The van der Waals surface area contributed by atoms with Gasteiger partial charge >= 0.3 is 0 Å². The van der Waals surface area contributed by atoms with Crippen LogP contribution in [0.1, 0.15) is 35.7 Å². The molecule has 0 bridgehead atoms. The molecule has 3 aromatic rings. The van der Waals surface area contributed by atoms with Gasteiger partial charge in [0.1, 0.15) is 5.75 Å². The largest absolute Gasteiger partial charge is 0.494 e. The molecule has 0 fully saturated rings. The fraction of sp³-hybridized carbons (Fsp3) is 0.263. The highest BCUT2D eigenvalue weighted by molar-refractivity contribution is 7.22. The minimum absolute atomic E-state index is 0.193. The van der Waals surface area contributed by atoms with Crippen LogP contribution >= 0.6 is 22.9 Å². The third kappa shape index (κ3) is 4.30. The van der Waals surface area contributed by atoms with Crippen molar-refractivity contribution < 1.29 is 9.53 Å². The summed E-state index contributed by atoms with van der Waals surface area (Å²) in [5, 5.41) is 4.08. The SMILES string of the molecule is CCCCOc1ccc(C(=O)Nc2nc3cc(Cl)c(C)cc3s2)cc1. The first kappa shape index (κ1) is 17.7. The van der Waals surface area contributed by atoms with Crippen LogP contribution in [0.3, 0.4) is 0 Å². The lowest BCUT2D eigenvalue weighted by Crippen LogP contribution is -2.11. The molecule has 4 nitrogen and oxygen atoms in total. The van der Waals surface area contributed by atoms with Crippen LogP contribution in [-0.2, 0) is 0 Å². The zero-order valence-electron chi connectivity index (χ0n) is 14.1. The van der Waals surface area contributed by atoms with Crippen LogP contribution in [0.5, 0.6) is 5.75 Å². The van der Waals surface area contributed by atoms with Gasteiger partial charge in [-0.3, -0.25) is 10.1 Å². The third-order valence-electron chi connectivity index (χ3n) is 3.77. The van der Waals surface area contributed by atoms with Crippen LogP contribution in [0.25, 0.3) is 10.2 Å². The third-order valence-corrected chi connectivity index (χ3v) is 5.11. The standard InChI is InChI=1S/C19H19ClN2O2S/c1-3-4-9-24-14-7-5-13(6-8-14)18(23)22-19-21-16-11-15(20)12(2)10-17(16)25-19/h5-8,10-11H,3-4,9H2,1-2H3,(H,21,22,23). The number of aryl methyl sites for hydroxylation is 1. The van der Waals surface area contributed by atoms with Crippen molar-refractivity contribution in [2.45, 2.75) is 26.7 Å². The molecule has 1 heterocycles. The lowest BCUT2D eigenvalue weighted by molar-refractivity contribution is 0.102. The van der Waals surface area contributed by atoms with Crippen LogP contribution in [0.4, 0.5) is 5.13 Å². The number of fused-ring (bicyclic) bond motifs is 1. The molecule has 1 aromatic heterocycles. The van der Waals surface area contributed by atoms with E-state index in [4.69, 9.17) is 16.3 Å². The van der Waals surface area contributed by atoms with Crippen molar-refractivity contribution in [1.29, 1.82) is 0 Å². The van der Waals surface area contributed by atoms with Gasteiger partial charge in [-0.05, 0) is 55.3 Å². The molecule has 0 aliphatic carbocycles. The number of thiazole rings is 1. The predicted molar refractivity (Wildman–Crippen MR) is 104 cm³/mol. The molecule has 1 amide bonds. The quantitative estimate of drug-likeness (QED) is 0.564. The van der Waals surface area contributed by atoms with Crippen LogP contribution in [-0.4, -0.2) is 17.5 Å². The fourth-order valence-electron chi connectivity index (χ4n) is 2.31. The summed E-state index contributed by atoms with van der Waals surface area (Å²) in [7, 11) is 0. The molecule has 0 aliphatic rings. The molecule has 0 saturated heterocycles. The second-order valence-corrected chi connectivity index (χ2v) is 7.21. The van der Waals surface area contributed by atoms with Gasteiger partial charge in [0.15, 0.2) is 5.13 Å². The Balaban J connectivity index is 1.69. The summed E-state index contributed by atoms with van der Waals surface area (Å²) >= 11 is 7.56. The van der Waals surface area contributed by atoms with E-state index in [1.807, 2.05) is 31.2 Å². The van der Waals surface area contributed by atoms with Crippen LogP contribution in [0.2, 0.25) is 5.02 Å². The summed E-state index contributed by atoms with van der Waals surface area (Å²) in [5.41, 5.74) is 2.35. The highest BCUT2D eigenvalue weighted by atomic mass is 35.5. The normalized spacial score (nSPS) is 10.8. The number of aromatic nitrogens is 1. The second-order valence-electron chi connectivity index (χ2n) is 5.77. The summed E-state index contributed by atoms with van der Waals surface area (Å²) in [5.74, 6) is 0.581. The number of carbonyl (C=O) groups excluding carboxylic acids is 1.